The van der Waals surface area contributed by atoms with E-state index < -0.39 is 5.97 Å². The highest BCUT2D eigenvalue weighted by molar-refractivity contribution is 5.92. The first kappa shape index (κ1) is 11.8. The summed E-state index contributed by atoms with van der Waals surface area (Å²) in [4.78, 5) is 21.0. The summed E-state index contributed by atoms with van der Waals surface area (Å²) in [6.07, 6.45) is 1.60. The molecule has 0 spiro atoms. The first-order valence-electron chi connectivity index (χ1n) is 4.38. The zero-order chi connectivity index (χ0) is 12.3. The highest BCUT2D eigenvalue weighted by Gasteiger charge is 2.08. The van der Waals surface area contributed by atoms with E-state index >= 15 is 0 Å². The Morgan fingerprint density at radius 2 is 1.69 bits per heavy atom. The molecule has 0 unspecified atom stereocenters. The van der Waals surface area contributed by atoms with E-state index in [4.69, 9.17) is 5.11 Å². The van der Waals surface area contributed by atoms with Gasteiger partial charge in [0.25, 0.3) is 0 Å². The predicted molar refractivity (Wildman–Crippen MR) is 56.4 cm³/mol. The number of benzene rings is 1. The van der Waals surface area contributed by atoms with Gasteiger partial charge in [0, 0.05) is 11.1 Å². The van der Waals surface area contributed by atoms with Crippen LogP contribution in [0.1, 0.15) is 22.8 Å². The molecule has 0 aliphatic heterocycles. The smallest absolute Gasteiger partial charge is 0.331 e. The summed E-state index contributed by atoms with van der Waals surface area (Å²) in [5.74, 6) is -1.70. The number of carboxylic acids is 1. The van der Waals surface area contributed by atoms with E-state index in [9.17, 15) is 19.8 Å². The summed E-state index contributed by atoms with van der Waals surface area (Å²) < 4.78 is 0. The van der Waals surface area contributed by atoms with Crippen molar-refractivity contribution in [2.45, 2.75) is 6.92 Å². The Bertz CT molecular complexity index is 474. The molecular formula is C11H10O5. The van der Waals surface area contributed by atoms with Gasteiger partial charge < -0.3 is 15.3 Å². The van der Waals surface area contributed by atoms with Crippen molar-refractivity contribution in [3.8, 4) is 11.5 Å². The molecule has 1 aromatic rings. The van der Waals surface area contributed by atoms with Crippen LogP contribution in [0.3, 0.4) is 0 Å². The fourth-order valence-corrected chi connectivity index (χ4v) is 1.11. The summed E-state index contributed by atoms with van der Waals surface area (Å²) in [6.45, 7) is 1.35. The minimum atomic E-state index is -1.13. The molecule has 0 aliphatic rings. The number of phenolic OH excluding ortho intramolecular Hbond substituents is 2. The maximum atomic E-state index is 10.6. The van der Waals surface area contributed by atoms with Gasteiger partial charge in [0.2, 0.25) is 0 Å². The lowest BCUT2D eigenvalue weighted by atomic mass is 10.1. The van der Waals surface area contributed by atoms with E-state index in [2.05, 4.69) is 0 Å². The standard InChI is InChI=1S/C11H10O5/c1-6(11(15)16)2-7-3-10(14)8(5-12)4-9(7)13/h2-5,13-14H,1H3,(H,15,16). The van der Waals surface area contributed by atoms with Gasteiger partial charge in [-0.1, -0.05) is 0 Å². The lowest BCUT2D eigenvalue weighted by Gasteiger charge is -2.03. The van der Waals surface area contributed by atoms with Crippen molar-refractivity contribution in [3.05, 3.63) is 28.8 Å². The number of carbonyl (C=O) groups is 2. The SMILES string of the molecule is CC(=Cc1cc(O)c(C=O)cc1O)C(=O)O. The van der Waals surface area contributed by atoms with Crippen molar-refractivity contribution in [1.29, 1.82) is 0 Å². The molecular weight excluding hydrogens is 212 g/mol. The average molecular weight is 222 g/mol. The fourth-order valence-electron chi connectivity index (χ4n) is 1.11. The van der Waals surface area contributed by atoms with Gasteiger partial charge in [-0.15, -0.1) is 0 Å². The minimum absolute atomic E-state index is 0.00792. The second-order valence-electron chi connectivity index (χ2n) is 3.22. The van der Waals surface area contributed by atoms with E-state index in [0.717, 1.165) is 12.1 Å². The number of carbonyl (C=O) groups excluding carboxylic acids is 1. The molecule has 3 N–H and O–H groups in total. The van der Waals surface area contributed by atoms with Gasteiger partial charge >= 0.3 is 5.97 Å². The number of aliphatic carboxylic acids is 1. The molecule has 0 aliphatic carbocycles. The van der Waals surface area contributed by atoms with Crippen LogP contribution in [-0.2, 0) is 4.79 Å². The first-order valence-corrected chi connectivity index (χ1v) is 4.38. The number of hydrogen-bond acceptors (Lipinski definition) is 4. The largest absolute Gasteiger partial charge is 0.507 e. The molecule has 0 saturated carbocycles. The van der Waals surface area contributed by atoms with Gasteiger partial charge in [0.15, 0.2) is 6.29 Å². The van der Waals surface area contributed by atoms with Crippen molar-refractivity contribution in [1.82, 2.24) is 0 Å². The normalized spacial score (nSPS) is 11.2. The van der Waals surface area contributed by atoms with E-state index in [-0.39, 0.29) is 28.2 Å². The van der Waals surface area contributed by atoms with E-state index in [1.807, 2.05) is 0 Å². The van der Waals surface area contributed by atoms with Crippen LogP contribution in [0.15, 0.2) is 17.7 Å². The summed E-state index contributed by atoms with van der Waals surface area (Å²) in [5, 5.41) is 27.5. The highest BCUT2D eigenvalue weighted by Crippen LogP contribution is 2.27. The topological polar surface area (TPSA) is 94.8 Å². The monoisotopic (exact) mass is 222 g/mol. The van der Waals surface area contributed by atoms with Crippen molar-refractivity contribution >= 4 is 18.3 Å². The summed E-state index contributed by atoms with van der Waals surface area (Å²) in [6, 6.07) is 2.20. The Hall–Kier alpha value is -2.30. The molecule has 0 bridgehead atoms. The fraction of sp³-hybridized carbons (Fsp3) is 0.0909. The Morgan fingerprint density at radius 3 is 2.19 bits per heavy atom. The van der Waals surface area contributed by atoms with Crippen molar-refractivity contribution in [2.24, 2.45) is 0 Å². The maximum absolute atomic E-state index is 10.6. The van der Waals surface area contributed by atoms with E-state index in [0.29, 0.717) is 6.29 Å². The molecule has 0 fully saturated rings. The van der Waals surface area contributed by atoms with Crippen LogP contribution in [0.2, 0.25) is 0 Å². The Labute approximate surface area is 91.3 Å². The van der Waals surface area contributed by atoms with Crippen LogP contribution >= 0.6 is 0 Å². The third-order valence-corrected chi connectivity index (χ3v) is 2.01. The summed E-state index contributed by atoms with van der Waals surface area (Å²) >= 11 is 0. The Balaban J connectivity index is 3.27. The zero-order valence-electron chi connectivity index (χ0n) is 8.47. The summed E-state index contributed by atoms with van der Waals surface area (Å²) in [5.41, 5.74) is 0.0965. The van der Waals surface area contributed by atoms with Crippen LogP contribution in [-0.4, -0.2) is 27.6 Å². The van der Waals surface area contributed by atoms with Crippen LogP contribution in [0.5, 0.6) is 11.5 Å². The molecule has 0 amide bonds. The van der Waals surface area contributed by atoms with Crippen molar-refractivity contribution in [3.63, 3.8) is 0 Å². The molecule has 0 atom stereocenters. The number of carboxylic acid groups (broad SMARTS) is 1. The molecule has 5 heteroatoms. The lowest BCUT2D eigenvalue weighted by molar-refractivity contribution is -0.132. The van der Waals surface area contributed by atoms with Crippen molar-refractivity contribution in [2.75, 3.05) is 0 Å². The maximum Gasteiger partial charge on any atom is 0.331 e. The minimum Gasteiger partial charge on any atom is -0.507 e. The molecule has 0 heterocycles. The van der Waals surface area contributed by atoms with Crippen LogP contribution in [0.25, 0.3) is 6.08 Å². The molecule has 1 aromatic carbocycles. The van der Waals surface area contributed by atoms with E-state index in [1.54, 1.807) is 0 Å². The van der Waals surface area contributed by atoms with Gasteiger partial charge in [0.1, 0.15) is 11.5 Å². The van der Waals surface area contributed by atoms with Crippen LogP contribution < -0.4 is 0 Å². The zero-order valence-corrected chi connectivity index (χ0v) is 8.47. The molecule has 0 saturated heterocycles. The van der Waals surface area contributed by atoms with Crippen LogP contribution in [0.4, 0.5) is 0 Å². The first-order chi connectivity index (χ1) is 7.45. The van der Waals surface area contributed by atoms with E-state index in [1.165, 1.54) is 13.0 Å². The highest BCUT2D eigenvalue weighted by atomic mass is 16.4. The van der Waals surface area contributed by atoms with Gasteiger partial charge in [-0.25, -0.2) is 4.79 Å². The number of rotatable bonds is 3. The van der Waals surface area contributed by atoms with Crippen molar-refractivity contribution < 1.29 is 24.9 Å². The van der Waals surface area contributed by atoms with Gasteiger partial charge in [0.05, 0.1) is 5.56 Å². The molecule has 84 valence electrons. The molecule has 1 rings (SSSR count). The van der Waals surface area contributed by atoms with Crippen LogP contribution in [0, 0.1) is 0 Å². The van der Waals surface area contributed by atoms with Gasteiger partial charge in [-0.2, -0.15) is 0 Å². The number of aldehydes is 1. The Morgan fingerprint density at radius 1 is 1.19 bits per heavy atom. The van der Waals surface area contributed by atoms with Gasteiger partial charge in [-0.3, -0.25) is 4.79 Å². The molecule has 16 heavy (non-hydrogen) atoms. The Kier molecular flexibility index (Phi) is 3.30. The predicted octanol–water partition coefficient (Wildman–Crippen LogP) is 1.40. The third-order valence-electron chi connectivity index (χ3n) is 2.01. The average Bonchev–Trinajstić information content (AvgIpc) is 2.22. The summed E-state index contributed by atoms with van der Waals surface area (Å²) in [7, 11) is 0. The number of hydrogen-bond donors (Lipinski definition) is 3. The second-order valence-corrected chi connectivity index (χ2v) is 3.22. The third kappa shape index (κ3) is 2.38. The molecule has 0 aromatic heterocycles. The second kappa shape index (κ2) is 4.48. The molecule has 5 nitrogen and oxygen atoms in total. The number of aromatic hydroxyl groups is 2. The lowest BCUT2D eigenvalue weighted by Crippen LogP contribution is -1.95. The quantitative estimate of drug-likeness (QED) is 0.408. The molecule has 0 radical (unpaired) electrons. The number of phenols is 2. The van der Waals surface area contributed by atoms with Gasteiger partial charge in [-0.05, 0) is 25.1 Å².